The van der Waals surface area contributed by atoms with Gasteiger partial charge in [0.2, 0.25) is 5.91 Å². The number of hydrogen-bond acceptors (Lipinski definition) is 2. The topological polar surface area (TPSA) is 38.3 Å². The van der Waals surface area contributed by atoms with Crippen molar-refractivity contribution in [2.24, 2.45) is 0 Å². The van der Waals surface area contributed by atoms with Crippen LogP contribution >= 0.6 is 11.6 Å². The SMILES string of the molecule is O=C(NC1CCCC1)C(Cl)C1CCCO1. The van der Waals surface area contributed by atoms with Gasteiger partial charge in [-0.25, -0.2) is 0 Å². The maximum absolute atomic E-state index is 11.8. The standard InChI is InChI=1S/C11H18ClNO2/c12-10(9-6-3-7-15-9)11(14)13-8-4-1-2-5-8/h8-10H,1-7H2,(H,13,14). The van der Waals surface area contributed by atoms with Crippen LogP contribution in [-0.4, -0.2) is 30.0 Å². The van der Waals surface area contributed by atoms with Gasteiger partial charge in [-0.15, -0.1) is 11.6 Å². The van der Waals surface area contributed by atoms with Crippen molar-refractivity contribution in [3.63, 3.8) is 0 Å². The van der Waals surface area contributed by atoms with E-state index in [0.717, 1.165) is 32.3 Å². The lowest BCUT2D eigenvalue weighted by molar-refractivity contribution is -0.123. The van der Waals surface area contributed by atoms with Gasteiger partial charge in [0.05, 0.1) is 6.10 Å². The molecule has 2 atom stereocenters. The summed E-state index contributed by atoms with van der Waals surface area (Å²) >= 11 is 6.08. The maximum atomic E-state index is 11.8. The Kier molecular flexibility index (Phi) is 3.87. The highest BCUT2D eigenvalue weighted by atomic mass is 35.5. The van der Waals surface area contributed by atoms with Crippen LogP contribution in [0.5, 0.6) is 0 Å². The highest BCUT2D eigenvalue weighted by molar-refractivity contribution is 6.31. The van der Waals surface area contributed by atoms with Crippen LogP contribution in [0.4, 0.5) is 0 Å². The Bertz CT molecular complexity index is 223. The molecular weight excluding hydrogens is 214 g/mol. The molecule has 1 saturated carbocycles. The molecule has 1 heterocycles. The molecule has 1 aliphatic carbocycles. The van der Waals surface area contributed by atoms with Crippen LogP contribution in [0.2, 0.25) is 0 Å². The van der Waals surface area contributed by atoms with Crippen molar-refractivity contribution in [3.8, 4) is 0 Å². The molecule has 1 aliphatic heterocycles. The van der Waals surface area contributed by atoms with E-state index in [9.17, 15) is 4.79 Å². The minimum Gasteiger partial charge on any atom is -0.376 e. The van der Waals surface area contributed by atoms with Gasteiger partial charge >= 0.3 is 0 Å². The van der Waals surface area contributed by atoms with Crippen LogP contribution in [0.3, 0.4) is 0 Å². The van der Waals surface area contributed by atoms with Gasteiger partial charge in [-0.1, -0.05) is 12.8 Å². The Balaban J connectivity index is 1.78. The first kappa shape index (κ1) is 11.2. The average Bonchev–Trinajstić information content (AvgIpc) is 2.88. The first-order valence-corrected chi connectivity index (χ1v) is 6.27. The summed E-state index contributed by atoms with van der Waals surface area (Å²) in [7, 11) is 0. The predicted octanol–water partition coefficient (Wildman–Crippen LogP) is 1.83. The number of rotatable bonds is 3. The third-order valence-corrected chi connectivity index (χ3v) is 3.72. The zero-order chi connectivity index (χ0) is 10.7. The second-order valence-corrected chi connectivity index (χ2v) is 4.91. The fraction of sp³-hybridized carbons (Fsp3) is 0.909. The summed E-state index contributed by atoms with van der Waals surface area (Å²) in [4.78, 5) is 11.8. The molecule has 0 spiro atoms. The summed E-state index contributed by atoms with van der Waals surface area (Å²) in [6.07, 6.45) is 6.49. The van der Waals surface area contributed by atoms with Crippen molar-refractivity contribution in [2.45, 2.75) is 56.0 Å². The summed E-state index contributed by atoms with van der Waals surface area (Å²) in [5.74, 6) is -0.0459. The molecular formula is C11H18ClNO2. The lowest BCUT2D eigenvalue weighted by Gasteiger charge is -2.19. The largest absolute Gasteiger partial charge is 0.376 e. The molecule has 0 aromatic carbocycles. The van der Waals surface area contributed by atoms with Crippen molar-refractivity contribution in [3.05, 3.63) is 0 Å². The summed E-state index contributed by atoms with van der Waals surface area (Å²) in [6.45, 7) is 0.741. The van der Waals surface area contributed by atoms with Gasteiger partial charge in [0, 0.05) is 12.6 Å². The van der Waals surface area contributed by atoms with E-state index in [1.54, 1.807) is 0 Å². The fourth-order valence-corrected chi connectivity index (χ4v) is 2.61. The molecule has 15 heavy (non-hydrogen) atoms. The van der Waals surface area contributed by atoms with Gasteiger partial charge < -0.3 is 10.1 Å². The number of nitrogens with one attached hydrogen (secondary N) is 1. The van der Waals surface area contributed by atoms with Crippen LogP contribution in [0, 0.1) is 0 Å². The highest BCUT2D eigenvalue weighted by Crippen LogP contribution is 2.22. The molecule has 1 saturated heterocycles. The Morgan fingerprint density at radius 3 is 2.60 bits per heavy atom. The third-order valence-electron chi connectivity index (χ3n) is 3.24. The van der Waals surface area contributed by atoms with Gasteiger partial charge in [-0.05, 0) is 25.7 Å². The second-order valence-electron chi connectivity index (χ2n) is 4.44. The number of carbonyl (C=O) groups is 1. The molecule has 1 amide bonds. The van der Waals surface area contributed by atoms with Gasteiger partial charge in [0.25, 0.3) is 0 Å². The summed E-state index contributed by atoms with van der Waals surface area (Å²) < 4.78 is 5.41. The third kappa shape index (κ3) is 2.85. The number of carbonyl (C=O) groups excluding carboxylic acids is 1. The normalized spacial score (nSPS) is 29.3. The molecule has 3 nitrogen and oxygen atoms in total. The van der Waals surface area contributed by atoms with Gasteiger partial charge in [0.1, 0.15) is 5.38 Å². The quantitative estimate of drug-likeness (QED) is 0.753. The first-order valence-electron chi connectivity index (χ1n) is 5.83. The van der Waals surface area contributed by atoms with Crippen molar-refractivity contribution < 1.29 is 9.53 Å². The van der Waals surface area contributed by atoms with Crippen LogP contribution < -0.4 is 5.32 Å². The smallest absolute Gasteiger partial charge is 0.240 e. The minimum absolute atomic E-state index is 0.0459. The minimum atomic E-state index is -0.506. The number of alkyl halides is 1. The van der Waals surface area contributed by atoms with E-state index in [1.165, 1.54) is 12.8 Å². The molecule has 86 valence electrons. The van der Waals surface area contributed by atoms with Gasteiger partial charge in [-0.3, -0.25) is 4.79 Å². The fourth-order valence-electron chi connectivity index (χ4n) is 2.35. The zero-order valence-corrected chi connectivity index (χ0v) is 9.63. The van der Waals surface area contributed by atoms with Crippen molar-refractivity contribution in [1.29, 1.82) is 0 Å². The summed E-state index contributed by atoms with van der Waals surface area (Å²) in [5.41, 5.74) is 0. The van der Waals surface area contributed by atoms with Crippen LogP contribution in [0.15, 0.2) is 0 Å². The summed E-state index contributed by atoms with van der Waals surface area (Å²) in [6, 6.07) is 0.347. The van der Waals surface area contributed by atoms with E-state index in [0.29, 0.717) is 6.04 Å². The molecule has 0 aromatic rings. The average molecular weight is 232 g/mol. The Hall–Kier alpha value is -0.280. The van der Waals surface area contributed by atoms with E-state index >= 15 is 0 Å². The van der Waals surface area contributed by atoms with Crippen molar-refractivity contribution >= 4 is 17.5 Å². The number of hydrogen-bond donors (Lipinski definition) is 1. The molecule has 1 N–H and O–H groups in total. The predicted molar refractivity (Wildman–Crippen MR) is 59.0 cm³/mol. The molecule has 2 aliphatic rings. The van der Waals surface area contributed by atoms with Gasteiger partial charge in [-0.2, -0.15) is 0 Å². The number of amides is 1. The van der Waals surface area contributed by atoms with E-state index < -0.39 is 5.38 Å². The van der Waals surface area contributed by atoms with Crippen molar-refractivity contribution in [2.75, 3.05) is 6.61 Å². The zero-order valence-electron chi connectivity index (χ0n) is 8.88. The Labute approximate surface area is 95.5 Å². The lowest BCUT2D eigenvalue weighted by atomic mass is 10.1. The Morgan fingerprint density at radius 1 is 1.27 bits per heavy atom. The molecule has 2 fully saturated rings. The van der Waals surface area contributed by atoms with E-state index in [1.807, 2.05) is 0 Å². The van der Waals surface area contributed by atoms with E-state index in [4.69, 9.17) is 16.3 Å². The van der Waals surface area contributed by atoms with Crippen LogP contribution in [-0.2, 0) is 9.53 Å². The second kappa shape index (κ2) is 5.17. The van der Waals surface area contributed by atoms with Crippen molar-refractivity contribution in [1.82, 2.24) is 5.32 Å². The molecule has 2 rings (SSSR count). The summed E-state index contributed by atoms with van der Waals surface area (Å²) in [5, 5.41) is 2.50. The van der Waals surface area contributed by atoms with Gasteiger partial charge in [0.15, 0.2) is 0 Å². The number of halogens is 1. The number of ether oxygens (including phenoxy) is 1. The van der Waals surface area contributed by atoms with E-state index in [2.05, 4.69) is 5.32 Å². The maximum Gasteiger partial charge on any atom is 0.240 e. The molecule has 0 bridgehead atoms. The molecule has 0 aromatic heterocycles. The first-order chi connectivity index (χ1) is 7.27. The van der Waals surface area contributed by atoms with E-state index in [-0.39, 0.29) is 12.0 Å². The monoisotopic (exact) mass is 231 g/mol. The Morgan fingerprint density at radius 2 is 2.00 bits per heavy atom. The van der Waals surface area contributed by atoms with Crippen LogP contribution in [0.25, 0.3) is 0 Å². The highest BCUT2D eigenvalue weighted by Gasteiger charge is 2.31. The molecule has 2 unspecified atom stereocenters. The molecule has 0 radical (unpaired) electrons. The molecule has 4 heteroatoms. The van der Waals surface area contributed by atoms with Crippen LogP contribution in [0.1, 0.15) is 38.5 Å². The lowest BCUT2D eigenvalue weighted by Crippen LogP contribution is -2.42.